The highest BCUT2D eigenvalue weighted by atomic mass is 16.5. The van der Waals surface area contributed by atoms with E-state index in [0.29, 0.717) is 11.3 Å². The van der Waals surface area contributed by atoms with Crippen LogP contribution in [0.5, 0.6) is 5.75 Å². The van der Waals surface area contributed by atoms with E-state index in [-0.39, 0.29) is 5.97 Å². The molecule has 5 heteroatoms. The van der Waals surface area contributed by atoms with Gasteiger partial charge in [0.05, 0.1) is 11.6 Å². The number of carbonyl (C=O) groups excluding carboxylic acids is 1. The highest BCUT2D eigenvalue weighted by Crippen LogP contribution is 2.29. The Morgan fingerprint density at radius 2 is 2.12 bits per heavy atom. The standard InChI is InChI=1S/C18H13N3O2.C2H6/c1-12(22)23-15-4-5-18-16(8-15)17(11-21-18)14(9-19)7-13-3-2-6-20-10-13;1-2/h2-8,10-11,21H,1H3;1-2H3/b14-7+;. The number of aromatic nitrogens is 2. The zero-order valence-corrected chi connectivity index (χ0v) is 14.4. The highest BCUT2D eigenvalue weighted by molar-refractivity contribution is 6.01. The lowest BCUT2D eigenvalue weighted by Crippen LogP contribution is -2.00. The molecule has 0 saturated heterocycles. The van der Waals surface area contributed by atoms with Crippen molar-refractivity contribution < 1.29 is 9.53 Å². The van der Waals surface area contributed by atoms with E-state index in [9.17, 15) is 10.1 Å². The van der Waals surface area contributed by atoms with Crippen LogP contribution in [0, 0.1) is 11.3 Å². The van der Waals surface area contributed by atoms with Crippen molar-refractivity contribution in [2.75, 3.05) is 0 Å². The Morgan fingerprint density at radius 3 is 2.76 bits per heavy atom. The fourth-order valence-corrected chi connectivity index (χ4v) is 2.35. The number of H-pyrrole nitrogens is 1. The molecule has 0 aliphatic carbocycles. The molecule has 0 fully saturated rings. The molecule has 126 valence electrons. The first-order chi connectivity index (χ1) is 12.2. The zero-order chi connectivity index (χ0) is 18.2. The van der Waals surface area contributed by atoms with Crippen molar-refractivity contribution in [1.82, 2.24) is 9.97 Å². The molecule has 0 unspecified atom stereocenters. The number of rotatable bonds is 3. The van der Waals surface area contributed by atoms with E-state index >= 15 is 0 Å². The Bertz CT molecular complexity index is 934. The maximum atomic E-state index is 11.1. The highest BCUT2D eigenvalue weighted by Gasteiger charge is 2.10. The van der Waals surface area contributed by atoms with Gasteiger partial charge in [-0.05, 0) is 35.9 Å². The molecule has 0 aliphatic rings. The summed E-state index contributed by atoms with van der Waals surface area (Å²) in [5, 5.41) is 10.3. The van der Waals surface area contributed by atoms with Gasteiger partial charge in [-0.2, -0.15) is 5.26 Å². The first-order valence-corrected chi connectivity index (χ1v) is 7.99. The average Bonchev–Trinajstić information content (AvgIpc) is 3.05. The van der Waals surface area contributed by atoms with Gasteiger partial charge in [-0.3, -0.25) is 9.78 Å². The molecule has 0 aliphatic heterocycles. The lowest BCUT2D eigenvalue weighted by Gasteiger charge is -2.02. The number of fused-ring (bicyclic) bond motifs is 1. The Labute approximate surface area is 146 Å². The maximum Gasteiger partial charge on any atom is 0.308 e. The van der Waals surface area contributed by atoms with Crippen LogP contribution in [0.25, 0.3) is 22.6 Å². The van der Waals surface area contributed by atoms with Crippen molar-refractivity contribution in [3.05, 3.63) is 60.0 Å². The van der Waals surface area contributed by atoms with E-state index in [4.69, 9.17) is 4.74 Å². The molecule has 1 N–H and O–H groups in total. The number of nitriles is 1. The number of allylic oxidation sites excluding steroid dienone is 1. The van der Waals surface area contributed by atoms with Crippen molar-refractivity contribution in [1.29, 1.82) is 5.26 Å². The molecule has 0 atom stereocenters. The van der Waals surface area contributed by atoms with Gasteiger partial charge in [0.15, 0.2) is 0 Å². The van der Waals surface area contributed by atoms with Gasteiger partial charge < -0.3 is 9.72 Å². The van der Waals surface area contributed by atoms with E-state index in [1.165, 1.54) is 6.92 Å². The van der Waals surface area contributed by atoms with Crippen molar-refractivity contribution in [2.45, 2.75) is 20.8 Å². The lowest BCUT2D eigenvalue weighted by atomic mass is 10.0. The lowest BCUT2D eigenvalue weighted by molar-refractivity contribution is -0.131. The smallest absolute Gasteiger partial charge is 0.308 e. The van der Waals surface area contributed by atoms with Crippen LogP contribution in [-0.2, 0) is 4.79 Å². The summed E-state index contributed by atoms with van der Waals surface area (Å²) < 4.78 is 5.11. The van der Waals surface area contributed by atoms with Gasteiger partial charge in [0.2, 0.25) is 0 Å². The first-order valence-electron chi connectivity index (χ1n) is 7.99. The molecule has 0 amide bonds. The minimum Gasteiger partial charge on any atom is -0.427 e. The van der Waals surface area contributed by atoms with E-state index in [1.54, 1.807) is 36.8 Å². The molecule has 2 aromatic heterocycles. The molecule has 3 aromatic rings. The second-order valence-corrected chi connectivity index (χ2v) is 4.96. The van der Waals surface area contributed by atoms with Gasteiger partial charge in [0, 0.05) is 42.0 Å². The molecule has 25 heavy (non-hydrogen) atoms. The number of benzene rings is 1. The number of carbonyl (C=O) groups is 1. The maximum absolute atomic E-state index is 11.1. The molecule has 5 nitrogen and oxygen atoms in total. The summed E-state index contributed by atoms with van der Waals surface area (Å²) in [7, 11) is 0. The predicted octanol–water partition coefficient (Wildman–Crippen LogP) is 4.58. The number of esters is 1. The summed E-state index contributed by atoms with van der Waals surface area (Å²) in [6.45, 7) is 5.35. The zero-order valence-electron chi connectivity index (χ0n) is 14.4. The molecular formula is C20H19N3O2. The van der Waals surface area contributed by atoms with Crippen LogP contribution >= 0.6 is 0 Å². The predicted molar refractivity (Wildman–Crippen MR) is 98.7 cm³/mol. The fourth-order valence-electron chi connectivity index (χ4n) is 2.35. The number of aromatic amines is 1. The third-order valence-electron chi connectivity index (χ3n) is 3.32. The van der Waals surface area contributed by atoms with Crippen molar-refractivity contribution >= 4 is 28.5 Å². The van der Waals surface area contributed by atoms with E-state index in [0.717, 1.165) is 22.0 Å². The van der Waals surface area contributed by atoms with E-state index in [2.05, 4.69) is 16.0 Å². The SMILES string of the molecule is CC.CC(=O)Oc1ccc2[nH]cc(/C(C#N)=C/c3cccnc3)c2c1. The monoisotopic (exact) mass is 333 g/mol. The molecule has 1 aromatic carbocycles. The third kappa shape index (κ3) is 4.33. The largest absolute Gasteiger partial charge is 0.427 e. The fraction of sp³-hybridized carbons (Fsp3) is 0.150. The molecule has 0 saturated carbocycles. The quantitative estimate of drug-likeness (QED) is 0.432. The van der Waals surface area contributed by atoms with Gasteiger partial charge in [-0.15, -0.1) is 0 Å². The minimum absolute atomic E-state index is 0.382. The van der Waals surface area contributed by atoms with Crippen LogP contribution in [0.1, 0.15) is 31.9 Å². The minimum atomic E-state index is -0.382. The average molecular weight is 333 g/mol. The first kappa shape index (κ1) is 18.0. The number of hydrogen-bond donors (Lipinski definition) is 1. The van der Waals surface area contributed by atoms with Gasteiger partial charge in [0.25, 0.3) is 0 Å². The van der Waals surface area contributed by atoms with Crippen molar-refractivity contribution in [3.63, 3.8) is 0 Å². The molecular weight excluding hydrogens is 314 g/mol. The van der Waals surface area contributed by atoms with E-state index in [1.807, 2.05) is 32.0 Å². The van der Waals surface area contributed by atoms with Crippen LogP contribution in [0.15, 0.2) is 48.9 Å². The normalized spacial score (nSPS) is 10.6. The number of pyridine rings is 1. The van der Waals surface area contributed by atoms with Crippen LogP contribution in [0.2, 0.25) is 0 Å². The Balaban J connectivity index is 0.00000109. The molecule has 0 radical (unpaired) electrons. The summed E-state index contributed by atoms with van der Waals surface area (Å²) in [6.07, 6.45) is 6.92. The number of nitrogens with one attached hydrogen (secondary N) is 1. The van der Waals surface area contributed by atoms with Gasteiger partial charge in [-0.1, -0.05) is 19.9 Å². The van der Waals surface area contributed by atoms with Crippen LogP contribution in [0.4, 0.5) is 0 Å². The molecule has 0 spiro atoms. The van der Waals surface area contributed by atoms with Crippen molar-refractivity contribution in [3.8, 4) is 11.8 Å². The number of hydrogen-bond acceptors (Lipinski definition) is 4. The summed E-state index contributed by atoms with van der Waals surface area (Å²) in [6, 6.07) is 11.2. The molecule has 3 rings (SSSR count). The van der Waals surface area contributed by atoms with Gasteiger partial charge >= 0.3 is 5.97 Å². The Kier molecular flexibility index (Phi) is 6.08. The van der Waals surface area contributed by atoms with Crippen molar-refractivity contribution in [2.24, 2.45) is 0 Å². The van der Waals surface area contributed by atoms with Crippen LogP contribution in [0.3, 0.4) is 0 Å². The second kappa shape index (κ2) is 8.46. The van der Waals surface area contributed by atoms with Gasteiger partial charge in [0.1, 0.15) is 5.75 Å². The van der Waals surface area contributed by atoms with Crippen LogP contribution < -0.4 is 4.74 Å². The third-order valence-corrected chi connectivity index (χ3v) is 3.32. The number of ether oxygens (including phenoxy) is 1. The Morgan fingerprint density at radius 1 is 1.32 bits per heavy atom. The summed E-state index contributed by atoms with van der Waals surface area (Å²) in [5.41, 5.74) is 2.96. The summed E-state index contributed by atoms with van der Waals surface area (Å²) >= 11 is 0. The van der Waals surface area contributed by atoms with Gasteiger partial charge in [-0.25, -0.2) is 0 Å². The Hall–Kier alpha value is -3.39. The topological polar surface area (TPSA) is 78.8 Å². The summed E-state index contributed by atoms with van der Waals surface area (Å²) in [4.78, 5) is 18.3. The second-order valence-electron chi connectivity index (χ2n) is 4.96. The van der Waals surface area contributed by atoms with Crippen LogP contribution in [-0.4, -0.2) is 15.9 Å². The molecule has 2 heterocycles. The number of nitrogens with zero attached hydrogens (tertiary/aromatic N) is 2. The summed E-state index contributed by atoms with van der Waals surface area (Å²) in [5.74, 6) is 0.0670. The molecule has 0 bridgehead atoms. The van der Waals surface area contributed by atoms with E-state index < -0.39 is 0 Å².